The van der Waals surface area contributed by atoms with Crippen LogP contribution in [-0.4, -0.2) is 18.0 Å². The molecule has 5 aliphatic rings. The van der Waals surface area contributed by atoms with Gasteiger partial charge in [0.25, 0.3) is 0 Å². The standard InChI is InChI=1S/C19H28O2/c1-18-8-7-14-12(13(18)5-6-17(18)20)4-3-11-9-15-16(21-15)10-19(11,14)2/h11-16H,3-10H2,1-2H3/t11-,12-,13-,14-,15?,16?,18-,19-/m0/s1. The predicted octanol–water partition coefficient (Wildman–Crippen LogP) is 3.98. The van der Waals surface area contributed by atoms with Crippen LogP contribution in [-0.2, 0) is 9.53 Å². The molecule has 0 aromatic rings. The molecule has 2 heteroatoms. The molecule has 0 amide bonds. The van der Waals surface area contributed by atoms with E-state index in [1.807, 2.05) is 0 Å². The van der Waals surface area contributed by atoms with E-state index in [9.17, 15) is 4.79 Å². The molecule has 2 unspecified atom stereocenters. The van der Waals surface area contributed by atoms with Crippen LogP contribution in [0.5, 0.6) is 0 Å². The van der Waals surface area contributed by atoms with Crippen LogP contribution in [0.2, 0.25) is 0 Å². The van der Waals surface area contributed by atoms with Gasteiger partial charge < -0.3 is 4.74 Å². The van der Waals surface area contributed by atoms with E-state index in [0.717, 1.165) is 30.6 Å². The van der Waals surface area contributed by atoms with Crippen molar-refractivity contribution in [2.24, 2.45) is 34.5 Å². The third-order valence-corrected chi connectivity index (χ3v) is 8.62. The van der Waals surface area contributed by atoms with Gasteiger partial charge in [-0.25, -0.2) is 0 Å². The first-order valence-corrected chi connectivity index (χ1v) is 9.21. The first kappa shape index (κ1) is 13.1. The number of fused-ring (bicyclic) bond motifs is 6. The van der Waals surface area contributed by atoms with Gasteiger partial charge in [-0.2, -0.15) is 0 Å². The van der Waals surface area contributed by atoms with Crippen LogP contribution in [0.1, 0.15) is 65.2 Å². The Kier molecular flexibility index (Phi) is 2.45. The highest BCUT2D eigenvalue weighted by Crippen LogP contribution is 2.67. The summed E-state index contributed by atoms with van der Waals surface area (Å²) in [7, 11) is 0. The number of ketones is 1. The van der Waals surface area contributed by atoms with Crippen LogP contribution < -0.4 is 0 Å². The van der Waals surface area contributed by atoms with Gasteiger partial charge >= 0.3 is 0 Å². The topological polar surface area (TPSA) is 29.6 Å². The Morgan fingerprint density at radius 1 is 1.05 bits per heavy atom. The van der Waals surface area contributed by atoms with Crippen LogP contribution in [0.25, 0.3) is 0 Å². The van der Waals surface area contributed by atoms with Crippen molar-refractivity contribution in [3.8, 4) is 0 Å². The molecule has 5 fully saturated rings. The van der Waals surface area contributed by atoms with Gasteiger partial charge in [-0.05, 0) is 74.0 Å². The summed E-state index contributed by atoms with van der Waals surface area (Å²) < 4.78 is 5.88. The average molecular weight is 288 g/mol. The third kappa shape index (κ3) is 1.56. The number of hydrogen-bond donors (Lipinski definition) is 0. The third-order valence-electron chi connectivity index (χ3n) is 8.62. The molecule has 0 aromatic carbocycles. The number of carbonyl (C=O) groups excluding carboxylic acids is 1. The van der Waals surface area contributed by atoms with Crippen LogP contribution >= 0.6 is 0 Å². The molecule has 8 atom stereocenters. The second kappa shape index (κ2) is 3.93. The molecule has 116 valence electrons. The van der Waals surface area contributed by atoms with Crippen molar-refractivity contribution in [1.29, 1.82) is 0 Å². The molecule has 0 N–H and O–H groups in total. The molecule has 1 saturated heterocycles. The fourth-order valence-corrected chi connectivity index (χ4v) is 7.29. The Morgan fingerprint density at radius 3 is 2.76 bits per heavy atom. The maximum absolute atomic E-state index is 12.4. The summed E-state index contributed by atoms with van der Waals surface area (Å²) in [5.41, 5.74) is 0.547. The second-order valence-corrected chi connectivity index (χ2v) is 9.23. The molecule has 0 spiro atoms. The molecular formula is C19H28O2. The first-order valence-electron chi connectivity index (χ1n) is 9.21. The van der Waals surface area contributed by atoms with Crippen molar-refractivity contribution in [3.63, 3.8) is 0 Å². The average Bonchev–Trinajstić information content (AvgIpc) is 3.12. The molecule has 0 radical (unpaired) electrons. The van der Waals surface area contributed by atoms with E-state index in [2.05, 4.69) is 13.8 Å². The summed E-state index contributed by atoms with van der Waals surface area (Å²) in [5, 5.41) is 0. The van der Waals surface area contributed by atoms with Crippen LogP contribution in [0.3, 0.4) is 0 Å². The summed E-state index contributed by atoms with van der Waals surface area (Å²) >= 11 is 0. The van der Waals surface area contributed by atoms with Crippen LogP contribution in [0, 0.1) is 34.5 Å². The Labute approximate surface area is 128 Å². The van der Waals surface area contributed by atoms with Crippen molar-refractivity contribution < 1.29 is 9.53 Å². The summed E-state index contributed by atoms with van der Waals surface area (Å²) in [6.45, 7) is 4.87. The lowest BCUT2D eigenvalue weighted by molar-refractivity contribution is -0.137. The van der Waals surface area contributed by atoms with Gasteiger partial charge in [-0.15, -0.1) is 0 Å². The number of hydrogen-bond acceptors (Lipinski definition) is 2. The Balaban J connectivity index is 1.49. The molecule has 2 nitrogen and oxygen atoms in total. The highest BCUT2D eigenvalue weighted by Gasteiger charge is 2.63. The zero-order valence-corrected chi connectivity index (χ0v) is 13.4. The fourth-order valence-electron chi connectivity index (χ4n) is 7.29. The molecule has 0 bridgehead atoms. The number of Topliss-reactive ketones (excluding diaryl/α,β-unsaturated/α-hetero) is 1. The van der Waals surface area contributed by atoms with Crippen molar-refractivity contribution in [2.75, 3.05) is 0 Å². The van der Waals surface area contributed by atoms with E-state index in [1.165, 1.54) is 38.5 Å². The van der Waals surface area contributed by atoms with Gasteiger partial charge in [0.05, 0.1) is 12.2 Å². The number of rotatable bonds is 0. The number of epoxide rings is 1. The fraction of sp³-hybridized carbons (Fsp3) is 0.947. The summed E-state index contributed by atoms with van der Waals surface area (Å²) in [5.74, 6) is 3.85. The van der Waals surface area contributed by atoms with E-state index >= 15 is 0 Å². The quantitative estimate of drug-likeness (QED) is 0.631. The maximum atomic E-state index is 12.4. The van der Waals surface area contributed by atoms with Crippen molar-refractivity contribution in [1.82, 2.24) is 0 Å². The highest BCUT2D eigenvalue weighted by molar-refractivity contribution is 5.87. The zero-order chi connectivity index (χ0) is 14.4. The second-order valence-electron chi connectivity index (χ2n) is 9.23. The van der Waals surface area contributed by atoms with E-state index in [4.69, 9.17) is 4.74 Å². The minimum atomic E-state index is 0.0393. The van der Waals surface area contributed by atoms with Gasteiger partial charge in [-0.1, -0.05) is 13.8 Å². The lowest BCUT2D eigenvalue weighted by atomic mass is 9.45. The summed E-state index contributed by atoms with van der Waals surface area (Å²) in [4.78, 5) is 12.4. The zero-order valence-electron chi connectivity index (χ0n) is 13.4. The Bertz CT molecular complexity index is 500. The van der Waals surface area contributed by atoms with E-state index < -0.39 is 0 Å². The van der Waals surface area contributed by atoms with Gasteiger partial charge in [-0.3, -0.25) is 4.79 Å². The lowest BCUT2D eigenvalue weighted by Crippen LogP contribution is -2.53. The first-order chi connectivity index (χ1) is 10.0. The monoisotopic (exact) mass is 288 g/mol. The van der Waals surface area contributed by atoms with E-state index in [-0.39, 0.29) is 5.41 Å². The maximum Gasteiger partial charge on any atom is 0.139 e. The molecular weight excluding hydrogens is 260 g/mol. The van der Waals surface area contributed by atoms with E-state index in [1.54, 1.807) is 0 Å². The van der Waals surface area contributed by atoms with Crippen molar-refractivity contribution >= 4 is 5.78 Å². The number of carbonyl (C=O) groups is 1. The molecule has 4 aliphatic carbocycles. The Morgan fingerprint density at radius 2 is 1.90 bits per heavy atom. The predicted molar refractivity (Wildman–Crippen MR) is 80.8 cm³/mol. The molecule has 0 aromatic heterocycles. The van der Waals surface area contributed by atoms with Gasteiger partial charge in [0.15, 0.2) is 0 Å². The molecule has 5 rings (SSSR count). The van der Waals surface area contributed by atoms with Gasteiger partial charge in [0.2, 0.25) is 0 Å². The van der Waals surface area contributed by atoms with Gasteiger partial charge in [0, 0.05) is 11.8 Å². The number of ether oxygens (including phenoxy) is 1. The van der Waals surface area contributed by atoms with Crippen LogP contribution in [0.4, 0.5) is 0 Å². The summed E-state index contributed by atoms with van der Waals surface area (Å²) in [6, 6.07) is 0. The van der Waals surface area contributed by atoms with Crippen LogP contribution in [0.15, 0.2) is 0 Å². The van der Waals surface area contributed by atoms with Gasteiger partial charge in [0.1, 0.15) is 5.78 Å². The molecule has 1 heterocycles. The Hall–Kier alpha value is -0.370. The minimum absolute atomic E-state index is 0.0393. The largest absolute Gasteiger partial charge is 0.370 e. The normalized spacial score (nSPS) is 61.5. The molecule has 21 heavy (non-hydrogen) atoms. The SMILES string of the molecule is C[C@]12CC3OC3C[C@@H]1CC[C@@H]1[C@@H]2CC[C@]2(C)C(=O)CC[C@@H]12. The molecule has 4 saturated carbocycles. The van der Waals surface area contributed by atoms with E-state index in [0.29, 0.717) is 29.3 Å². The van der Waals surface area contributed by atoms with Crippen molar-refractivity contribution in [3.05, 3.63) is 0 Å². The smallest absolute Gasteiger partial charge is 0.139 e. The highest BCUT2D eigenvalue weighted by atomic mass is 16.6. The van der Waals surface area contributed by atoms with Crippen molar-refractivity contribution in [2.45, 2.75) is 77.4 Å². The minimum Gasteiger partial charge on any atom is -0.370 e. The lowest BCUT2D eigenvalue weighted by Gasteiger charge is -2.59. The molecule has 1 aliphatic heterocycles. The summed E-state index contributed by atoms with van der Waals surface area (Å²) in [6.07, 6.45) is 11.1.